The van der Waals surface area contributed by atoms with Crippen molar-refractivity contribution in [1.29, 1.82) is 0 Å². The molecule has 0 saturated carbocycles. The molecule has 0 amide bonds. The topological polar surface area (TPSA) is 53.6 Å². The van der Waals surface area contributed by atoms with E-state index in [0.717, 1.165) is 41.2 Å². The zero-order chi connectivity index (χ0) is 14.8. The number of hydrogen-bond donors (Lipinski definition) is 2. The van der Waals surface area contributed by atoms with Crippen molar-refractivity contribution in [2.45, 2.75) is 40.2 Å². The van der Waals surface area contributed by atoms with Crippen LogP contribution in [0.2, 0.25) is 0 Å². The van der Waals surface area contributed by atoms with Gasteiger partial charge in [0, 0.05) is 10.0 Å². The first-order valence-corrected chi connectivity index (χ1v) is 7.88. The van der Waals surface area contributed by atoms with Crippen molar-refractivity contribution in [2.75, 3.05) is 6.54 Å². The van der Waals surface area contributed by atoms with Crippen LogP contribution in [0.4, 0.5) is 0 Å². The standard InChI is InChI=1S/C12H15BrN4.C3H8/c1-2-7-14-8-11-15-12(17-16-11)9-3-5-10(13)6-4-9;1-3-2/h3-6,14H,2,7-8H2,1H3,(H,15,16,17);3H2,1-2H3. The molecular weight excluding hydrogens is 316 g/mol. The van der Waals surface area contributed by atoms with Gasteiger partial charge in [-0.25, -0.2) is 4.98 Å². The lowest BCUT2D eigenvalue weighted by Crippen LogP contribution is -2.14. The summed E-state index contributed by atoms with van der Waals surface area (Å²) in [5.41, 5.74) is 1.02. The van der Waals surface area contributed by atoms with Crippen molar-refractivity contribution in [2.24, 2.45) is 0 Å². The van der Waals surface area contributed by atoms with Crippen molar-refractivity contribution in [3.8, 4) is 11.4 Å². The van der Waals surface area contributed by atoms with Gasteiger partial charge in [0.15, 0.2) is 5.82 Å². The van der Waals surface area contributed by atoms with Crippen molar-refractivity contribution in [3.63, 3.8) is 0 Å². The van der Waals surface area contributed by atoms with Crippen LogP contribution >= 0.6 is 15.9 Å². The molecule has 1 heterocycles. The second-order valence-electron chi connectivity index (χ2n) is 4.50. The third-order valence-corrected chi connectivity index (χ3v) is 2.88. The number of halogens is 1. The van der Waals surface area contributed by atoms with E-state index in [-0.39, 0.29) is 0 Å². The predicted molar refractivity (Wildman–Crippen MR) is 87.5 cm³/mol. The molecule has 2 aromatic rings. The molecule has 2 rings (SSSR count). The molecule has 4 nitrogen and oxygen atoms in total. The molecule has 110 valence electrons. The van der Waals surface area contributed by atoms with Crippen molar-refractivity contribution in [1.82, 2.24) is 20.5 Å². The molecule has 0 aliphatic carbocycles. The average Bonchev–Trinajstić information content (AvgIpc) is 2.90. The molecule has 1 aromatic carbocycles. The minimum absolute atomic E-state index is 0.734. The second kappa shape index (κ2) is 9.66. The number of aromatic nitrogens is 3. The van der Waals surface area contributed by atoms with Gasteiger partial charge >= 0.3 is 0 Å². The highest BCUT2D eigenvalue weighted by atomic mass is 79.9. The van der Waals surface area contributed by atoms with Gasteiger partial charge < -0.3 is 5.32 Å². The van der Waals surface area contributed by atoms with E-state index in [1.54, 1.807) is 0 Å². The van der Waals surface area contributed by atoms with Gasteiger partial charge in [0.2, 0.25) is 0 Å². The van der Waals surface area contributed by atoms with E-state index in [1.807, 2.05) is 24.3 Å². The van der Waals surface area contributed by atoms with Gasteiger partial charge in [-0.3, -0.25) is 5.10 Å². The molecule has 2 N–H and O–H groups in total. The van der Waals surface area contributed by atoms with Gasteiger partial charge in [0.25, 0.3) is 0 Å². The van der Waals surface area contributed by atoms with E-state index in [4.69, 9.17) is 0 Å². The summed E-state index contributed by atoms with van der Waals surface area (Å²) in [7, 11) is 0. The maximum atomic E-state index is 4.44. The largest absolute Gasteiger partial charge is 0.310 e. The number of nitrogens with one attached hydrogen (secondary N) is 2. The highest BCUT2D eigenvalue weighted by molar-refractivity contribution is 9.10. The van der Waals surface area contributed by atoms with E-state index in [9.17, 15) is 0 Å². The van der Waals surface area contributed by atoms with Crippen molar-refractivity contribution in [3.05, 3.63) is 34.6 Å². The Balaban J connectivity index is 0.000000612. The number of rotatable bonds is 5. The van der Waals surface area contributed by atoms with Crippen molar-refractivity contribution >= 4 is 15.9 Å². The zero-order valence-corrected chi connectivity index (χ0v) is 14.0. The molecular formula is C15H23BrN4. The van der Waals surface area contributed by atoms with E-state index in [0.29, 0.717) is 0 Å². The predicted octanol–water partition coefficient (Wildman–Crippen LogP) is 4.15. The van der Waals surface area contributed by atoms with Crippen LogP contribution in [0, 0.1) is 0 Å². The summed E-state index contributed by atoms with van der Waals surface area (Å²) < 4.78 is 1.06. The summed E-state index contributed by atoms with van der Waals surface area (Å²) in [4.78, 5) is 4.44. The van der Waals surface area contributed by atoms with Crippen LogP contribution in [0.3, 0.4) is 0 Å². The maximum Gasteiger partial charge on any atom is 0.181 e. The minimum atomic E-state index is 0.734. The zero-order valence-electron chi connectivity index (χ0n) is 12.4. The highest BCUT2D eigenvalue weighted by Gasteiger charge is 2.04. The number of H-pyrrole nitrogens is 1. The summed E-state index contributed by atoms with van der Waals surface area (Å²) in [6.45, 7) is 8.12. The molecule has 0 bridgehead atoms. The fraction of sp³-hybridized carbons (Fsp3) is 0.467. The van der Waals surface area contributed by atoms with Crippen molar-refractivity contribution < 1.29 is 0 Å². The molecule has 0 aliphatic heterocycles. The van der Waals surface area contributed by atoms with Crippen LogP contribution in [0.15, 0.2) is 28.7 Å². The Kier molecular flexibility index (Phi) is 8.14. The van der Waals surface area contributed by atoms with Gasteiger partial charge in [0.1, 0.15) is 5.82 Å². The van der Waals surface area contributed by atoms with Crippen LogP contribution in [0.5, 0.6) is 0 Å². The maximum absolute atomic E-state index is 4.44. The fourth-order valence-corrected chi connectivity index (χ4v) is 1.75. The molecule has 0 fully saturated rings. The number of benzene rings is 1. The molecule has 0 unspecified atom stereocenters. The SMILES string of the molecule is CCC.CCCNCc1nc(-c2ccc(Br)cc2)n[nH]1. The number of nitrogens with zero attached hydrogens (tertiary/aromatic N) is 2. The van der Waals surface area contributed by atoms with Gasteiger partial charge in [0.05, 0.1) is 6.54 Å². The number of aromatic amines is 1. The van der Waals surface area contributed by atoms with Crippen LogP contribution < -0.4 is 5.32 Å². The average molecular weight is 339 g/mol. The molecule has 20 heavy (non-hydrogen) atoms. The van der Waals surface area contributed by atoms with Gasteiger partial charge in [-0.15, -0.1) is 0 Å². The van der Waals surface area contributed by atoms with Crippen LogP contribution in [0.1, 0.15) is 39.4 Å². The summed E-state index contributed by atoms with van der Waals surface area (Å²) in [5.74, 6) is 1.61. The van der Waals surface area contributed by atoms with E-state index < -0.39 is 0 Å². The lowest BCUT2D eigenvalue weighted by Gasteiger charge is -1.97. The summed E-state index contributed by atoms with van der Waals surface area (Å²) in [6.07, 6.45) is 2.37. The normalized spacial score (nSPS) is 10.0. The third kappa shape index (κ3) is 5.84. The Hall–Kier alpha value is -1.20. The van der Waals surface area contributed by atoms with Gasteiger partial charge in [-0.2, -0.15) is 5.10 Å². The Morgan fingerprint density at radius 3 is 2.40 bits per heavy atom. The Bertz CT molecular complexity index is 479. The second-order valence-corrected chi connectivity index (χ2v) is 5.41. The molecule has 0 aliphatic rings. The lowest BCUT2D eigenvalue weighted by molar-refractivity contribution is 0.652. The quantitative estimate of drug-likeness (QED) is 0.805. The first-order valence-electron chi connectivity index (χ1n) is 7.09. The molecule has 0 radical (unpaired) electrons. The Morgan fingerprint density at radius 1 is 1.15 bits per heavy atom. The van der Waals surface area contributed by atoms with E-state index >= 15 is 0 Å². The molecule has 5 heteroatoms. The highest BCUT2D eigenvalue weighted by Crippen LogP contribution is 2.17. The third-order valence-electron chi connectivity index (χ3n) is 2.35. The monoisotopic (exact) mass is 338 g/mol. The fourth-order valence-electron chi connectivity index (χ4n) is 1.49. The Morgan fingerprint density at radius 2 is 1.80 bits per heavy atom. The summed E-state index contributed by atoms with van der Waals surface area (Å²) >= 11 is 3.41. The first-order chi connectivity index (χ1) is 9.71. The van der Waals surface area contributed by atoms with Crippen LogP contribution in [0.25, 0.3) is 11.4 Å². The Labute approximate surface area is 129 Å². The molecule has 1 aromatic heterocycles. The minimum Gasteiger partial charge on any atom is -0.310 e. The first kappa shape index (κ1) is 16.9. The smallest absolute Gasteiger partial charge is 0.181 e. The van der Waals surface area contributed by atoms with Crippen LogP contribution in [-0.4, -0.2) is 21.7 Å². The summed E-state index contributed by atoms with van der Waals surface area (Å²) in [5, 5.41) is 10.4. The molecule has 0 atom stereocenters. The van der Waals surface area contributed by atoms with E-state index in [1.165, 1.54) is 6.42 Å². The molecule has 0 saturated heterocycles. The lowest BCUT2D eigenvalue weighted by atomic mass is 10.2. The molecule has 0 spiro atoms. The van der Waals surface area contributed by atoms with E-state index in [2.05, 4.69) is 57.2 Å². The summed E-state index contributed by atoms with van der Waals surface area (Å²) in [6, 6.07) is 7.97. The van der Waals surface area contributed by atoms with Gasteiger partial charge in [-0.1, -0.05) is 55.3 Å². The van der Waals surface area contributed by atoms with Gasteiger partial charge in [-0.05, 0) is 25.1 Å². The number of hydrogen-bond acceptors (Lipinski definition) is 3. The van der Waals surface area contributed by atoms with Crippen LogP contribution in [-0.2, 0) is 6.54 Å².